The van der Waals surface area contributed by atoms with Gasteiger partial charge in [-0.15, -0.1) is 0 Å². The molecule has 0 saturated heterocycles. The monoisotopic (exact) mass is 294 g/mol. The molecule has 0 amide bonds. The van der Waals surface area contributed by atoms with E-state index in [0.717, 1.165) is 10.7 Å². The van der Waals surface area contributed by atoms with Crippen molar-refractivity contribution in [2.45, 2.75) is 0 Å². The van der Waals surface area contributed by atoms with Crippen molar-refractivity contribution >= 4 is 42.3 Å². The highest BCUT2D eigenvalue weighted by atomic mass is 79.9. The van der Waals surface area contributed by atoms with E-state index in [0.29, 0.717) is 10.6 Å². The van der Waals surface area contributed by atoms with Gasteiger partial charge >= 0.3 is 0 Å². The molecule has 0 aliphatic heterocycles. The molecule has 0 atom stereocenters. The Hall–Kier alpha value is -0.320. The summed E-state index contributed by atoms with van der Waals surface area (Å²) in [4.78, 5) is 0.0701. The molecule has 76 valence electrons. The van der Waals surface area contributed by atoms with Crippen LogP contribution in [0.25, 0.3) is 4.91 Å². The summed E-state index contributed by atoms with van der Waals surface area (Å²) in [6.07, 6.45) is 1.12. The van der Waals surface area contributed by atoms with E-state index in [1.807, 2.05) is 0 Å². The van der Waals surface area contributed by atoms with Crippen LogP contribution in [0.3, 0.4) is 0 Å². The summed E-state index contributed by atoms with van der Waals surface area (Å²) in [7, 11) is -3.26. The fourth-order valence-corrected chi connectivity index (χ4v) is 2.34. The standard InChI is InChI=1S/C9H8BrClO2S/c1-6(14(2,12)13)7-3-8(10)5-9(11)4-7/h3-5H,1H2,2H3. The van der Waals surface area contributed by atoms with Gasteiger partial charge in [0.05, 0.1) is 4.91 Å². The summed E-state index contributed by atoms with van der Waals surface area (Å²) >= 11 is 9.01. The van der Waals surface area contributed by atoms with Gasteiger partial charge in [0.25, 0.3) is 0 Å². The van der Waals surface area contributed by atoms with E-state index < -0.39 is 9.84 Å². The highest BCUT2D eigenvalue weighted by Crippen LogP contribution is 2.25. The highest BCUT2D eigenvalue weighted by Gasteiger charge is 2.11. The minimum absolute atomic E-state index is 0.0701. The number of hydrogen-bond donors (Lipinski definition) is 0. The van der Waals surface area contributed by atoms with Crippen LogP contribution in [0.2, 0.25) is 5.02 Å². The molecule has 5 heteroatoms. The van der Waals surface area contributed by atoms with Crippen LogP contribution in [0, 0.1) is 0 Å². The molecule has 0 spiro atoms. The second-order valence-corrected chi connectivity index (χ2v) is 6.24. The van der Waals surface area contributed by atoms with Crippen LogP contribution in [0.4, 0.5) is 0 Å². The number of halogens is 2. The van der Waals surface area contributed by atoms with Gasteiger partial charge in [0.1, 0.15) is 0 Å². The first-order valence-electron chi connectivity index (χ1n) is 3.66. The largest absolute Gasteiger partial charge is 0.224 e. The SMILES string of the molecule is C=C(c1cc(Cl)cc(Br)c1)S(C)(=O)=O. The Balaban J connectivity index is 3.28. The zero-order valence-corrected chi connectivity index (χ0v) is 10.6. The van der Waals surface area contributed by atoms with Gasteiger partial charge in [0.2, 0.25) is 0 Å². The molecule has 0 bridgehead atoms. The Kier molecular flexibility index (Phi) is 3.40. The molecular weight excluding hydrogens is 288 g/mol. The van der Waals surface area contributed by atoms with Gasteiger partial charge in [0, 0.05) is 15.8 Å². The molecule has 0 saturated carbocycles. The van der Waals surface area contributed by atoms with Crippen LogP contribution in [-0.2, 0) is 9.84 Å². The predicted octanol–water partition coefficient (Wildman–Crippen LogP) is 3.12. The maximum atomic E-state index is 11.2. The number of hydrogen-bond acceptors (Lipinski definition) is 2. The van der Waals surface area contributed by atoms with Crippen molar-refractivity contribution in [1.29, 1.82) is 0 Å². The van der Waals surface area contributed by atoms with Crippen molar-refractivity contribution in [3.8, 4) is 0 Å². The van der Waals surface area contributed by atoms with Crippen LogP contribution >= 0.6 is 27.5 Å². The van der Waals surface area contributed by atoms with Crippen molar-refractivity contribution in [2.24, 2.45) is 0 Å². The van der Waals surface area contributed by atoms with Crippen molar-refractivity contribution < 1.29 is 8.42 Å². The summed E-state index contributed by atoms with van der Waals surface area (Å²) in [5.41, 5.74) is 0.506. The second kappa shape index (κ2) is 4.04. The van der Waals surface area contributed by atoms with Crippen molar-refractivity contribution in [2.75, 3.05) is 6.26 Å². The maximum absolute atomic E-state index is 11.2. The van der Waals surface area contributed by atoms with Crippen LogP contribution in [0.15, 0.2) is 29.3 Å². The molecule has 0 N–H and O–H groups in total. The Morgan fingerprint density at radius 2 is 2.00 bits per heavy atom. The Bertz CT molecular complexity index is 459. The Labute approximate surface area is 96.6 Å². The highest BCUT2D eigenvalue weighted by molar-refractivity contribution is 9.10. The molecule has 1 aromatic carbocycles. The van der Waals surface area contributed by atoms with E-state index >= 15 is 0 Å². The fourth-order valence-electron chi connectivity index (χ4n) is 0.929. The lowest BCUT2D eigenvalue weighted by Crippen LogP contribution is -1.98. The first-order chi connectivity index (χ1) is 6.30. The quantitative estimate of drug-likeness (QED) is 0.840. The van der Waals surface area contributed by atoms with Gasteiger partial charge in [-0.2, -0.15) is 0 Å². The normalized spacial score (nSPS) is 11.4. The van der Waals surface area contributed by atoms with Gasteiger partial charge < -0.3 is 0 Å². The molecule has 1 rings (SSSR count). The molecule has 0 unspecified atom stereocenters. The van der Waals surface area contributed by atoms with Gasteiger partial charge in [-0.1, -0.05) is 34.1 Å². The van der Waals surface area contributed by atoms with Gasteiger partial charge in [-0.3, -0.25) is 0 Å². The predicted molar refractivity (Wildman–Crippen MR) is 63.0 cm³/mol. The zero-order chi connectivity index (χ0) is 10.9. The molecule has 2 nitrogen and oxygen atoms in total. The minimum atomic E-state index is -3.26. The summed E-state index contributed by atoms with van der Waals surface area (Å²) in [6, 6.07) is 4.91. The van der Waals surface area contributed by atoms with Crippen LogP contribution in [0.5, 0.6) is 0 Å². The second-order valence-electron chi connectivity index (χ2n) is 2.85. The average Bonchev–Trinajstić information content (AvgIpc) is 1.99. The molecule has 0 radical (unpaired) electrons. The van der Waals surface area contributed by atoms with Gasteiger partial charge in [0.15, 0.2) is 9.84 Å². The molecule has 0 aromatic heterocycles. The Morgan fingerprint density at radius 3 is 2.43 bits per heavy atom. The number of rotatable bonds is 2. The smallest absolute Gasteiger partial charge is 0.175 e. The third-order valence-corrected chi connectivity index (χ3v) is 3.44. The topological polar surface area (TPSA) is 34.1 Å². The molecule has 1 aromatic rings. The number of sulfone groups is 1. The third-order valence-electron chi connectivity index (χ3n) is 1.63. The molecule has 0 aliphatic rings. The Morgan fingerprint density at radius 1 is 1.43 bits per heavy atom. The van der Waals surface area contributed by atoms with E-state index in [1.54, 1.807) is 18.2 Å². The van der Waals surface area contributed by atoms with Crippen molar-refractivity contribution in [3.05, 3.63) is 39.8 Å². The molecule has 0 fully saturated rings. The zero-order valence-electron chi connectivity index (χ0n) is 7.42. The molecule has 14 heavy (non-hydrogen) atoms. The van der Waals surface area contributed by atoms with E-state index in [9.17, 15) is 8.42 Å². The molecule has 0 aliphatic carbocycles. The first-order valence-corrected chi connectivity index (χ1v) is 6.72. The van der Waals surface area contributed by atoms with Crippen LogP contribution < -0.4 is 0 Å². The molecule has 0 heterocycles. The summed E-state index contributed by atoms with van der Waals surface area (Å²) in [5.74, 6) is 0. The van der Waals surface area contributed by atoms with E-state index in [-0.39, 0.29) is 4.91 Å². The maximum Gasteiger partial charge on any atom is 0.175 e. The van der Waals surface area contributed by atoms with Crippen LogP contribution in [-0.4, -0.2) is 14.7 Å². The third kappa shape index (κ3) is 2.83. The molecular formula is C9H8BrClO2S. The van der Waals surface area contributed by atoms with Gasteiger partial charge in [-0.25, -0.2) is 8.42 Å². The summed E-state index contributed by atoms with van der Waals surface area (Å²) < 4.78 is 23.1. The van der Waals surface area contributed by atoms with Crippen LogP contribution in [0.1, 0.15) is 5.56 Å². The summed E-state index contributed by atoms with van der Waals surface area (Å²) in [5, 5.41) is 0.471. The average molecular weight is 296 g/mol. The number of benzene rings is 1. The lowest BCUT2D eigenvalue weighted by atomic mass is 10.2. The van der Waals surface area contributed by atoms with Crippen molar-refractivity contribution in [3.63, 3.8) is 0 Å². The van der Waals surface area contributed by atoms with E-state index in [2.05, 4.69) is 22.5 Å². The fraction of sp³-hybridized carbons (Fsp3) is 0.111. The lowest BCUT2D eigenvalue weighted by molar-refractivity contribution is 0.611. The first kappa shape index (κ1) is 11.8. The lowest BCUT2D eigenvalue weighted by Gasteiger charge is -2.04. The minimum Gasteiger partial charge on any atom is -0.224 e. The van der Waals surface area contributed by atoms with Crippen molar-refractivity contribution in [1.82, 2.24) is 0 Å². The summed E-state index contributed by atoms with van der Waals surface area (Å²) in [6.45, 7) is 3.51. The van der Waals surface area contributed by atoms with E-state index in [4.69, 9.17) is 11.6 Å². The van der Waals surface area contributed by atoms with Gasteiger partial charge in [-0.05, 0) is 23.8 Å². The van der Waals surface area contributed by atoms with E-state index in [1.165, 1.54) is 0 Å².